The molecular weight excluding hydrogens is 326 g/mol. The third-order valence-corrected chi connectivity index (χ3v) is 3.31. The van der Waals surface area contributed by atoms with E-state index in [1.165, 1.54) is 7.11 Å². The molecule has 0 saturated heterocycles. The van der Waals surface area contributed by atoms with E-state index >= 15 is 0 Å². The van der Waals surface area contributed by atoms with E-state index in [9.17, 15) is 4.79 Å². The Labute approximate surface area is 104 Å². The van der Waals surface area contributed by atoms with E-state index < -0.39 is 5.97 Å². The van der Waals surface area contributed by atoms with Gasteiger partial charge in [-0.05, 0) is 27.6 Å². The Hall–Kier alpha value is -0.860. The molecule has 0 unspecified atom stereocenters. The van der Waals surface area contributed by atoms with Gasteiger partial charge in [-0.15, -0.1) is 0 Å². The van der Waals surface area contributed by atoms with E-state index in [0.717, 1.165) is 5.56 Å². The van der Waals surface area contributed by atoms with Crippen molar-refractivity contribution in [1.29, 1.82) is 5.26 Å². The van der Waals surface area contributed by atoms with Gasteiger partial charge in [-0.25, -0.2) is 4.79 Å². The molecule has 15 heavy (non-hydrogen) atoms. The second-order valence-electron chi connectivity index (χ2n) is 2.70. The summed E-state index contributed by atoms with van der Waals surface area (Å²) in [5.74, 6) is -0.451. The molecule has 0 heterocycles. The van der Waals surface area contributed by atoms with Crippen LogP contribution in [-0.4, -0.2) is 13.1 Å². The summed E-state index contributed by atoms with van der Waals surface area (Å²) in [5.41, 5.74) is 1.60. The summed E-state index contributed by atoms with van der Waals surface area (Å²) < 4.78 is 5.14. The Morgan fingerprint density at radius 2 is 2.27 bits per heavy atom. The maximum atomic E-state index is 11.5. The van der Waals surface area contributed by atoms with Crippen molar-refractivity contribution in [2.45, 2.75) is 5.33 Å². The van der Waals surface area contributed by atoms with Gasteiger partial charge < -0.3 is 4.74 Å². The summed E-state index contributed by atoms with van der Waals surface area (Å²) in [6, 6.07) is 5.38. The lowest BCUT2D eigenvalue weighted by molar-refractivity contribution is 0.0598. The molecule has 0 N–H and O–H groups in total. The minimum atomic E-state index is -0.451. The monoisotopic (exact) mass is 331 g/mol. The first-order valence-electron chi connectivity index (χ1n) is 4.01. The van der Waals surface area contributed by atoms with Crippen LogP contribution < -0.4 is 0 Å². The maximum absolute atomic E-state index is 11.5. The Kier molecular flexibility index (Phi) is 4.30. The summed E-state index contributed by atoms with van der Waals surface area (Å²) in [6.45, 7) is 0. The van der Waals surface area contributed by atoms with Gasteiger partial charge in [0, 0.05) is 5.33 Å². The van der Waals surface area contributed by atoms with Crippen LogP contribution in [-0.2, 0) is 10.1 Å². The first kappa shape index (κ1) is 12.2. The van der Waals surface area contributed by atoms with Gasteiger partial charge in [0.25, 0.3) is 0 Å². The average molecular weight is 333 g/mol. The smallest absolute Gasteiger partial charge is 0.339 e. The predicted octanol–water partition coefficient (Wildman–Crippen LogP) is 3.00. The number of nitriles is 1. The van der Waals surface area contributed by atoms with Gasteiger partial charge in [-0.2, -0.15) is 5.26 Å². The lowest BCUT2D eigenvalue weighted by Crippen LogP contribution is -2.07. The number of benzene rings is 1. The highest BCUT2D eigenvalue weighted by Gasteiger charge is 2.17. The lowest BCUT2D eigenvalue weighted by Gasteiger charge is -2.08. The highest BCUT2D eigenvalue weighted by Crippen LogP contribution is 2.27. The zero-order valence-corrected chi connectivity index (χ0v) is 11.1. The van der Waals surface area contributed by atoms with Crippen molar-refractivity contribution in [2.75, 3.05) is 7.11 Å². The molecule has 1 aromatic rings. The molecule has 0 aliphatic rings. The first-order valence-corrected chi connectivity index (χ1v) is 5.93. The second-order valence-corrected chi connectivity index (χ2v) is 4.05. The fourth-order valence-corrected chi connectivity index (χ4v) is 2.24. The van der Waals surface area contributed by atoms with Crippen molar-refractivity contribution in [2.24, 2.45) is 0 Å². The molecule has 0 radical (unpaired) electrons. The topological polar surface area (TPSA) is 50.1 Å². The zero-order valence-electron chi connectivity index (χ0n) is 7.88. The number of carbonyl (C=O) groups excluding carboxylic acids is 1. The molecule has 0 amide bonds. The Balaban J connectivity index is 3.44. The van der Waals surface area contributed by atoms with E-state index in [1.54, 1.807) is 12.1 Å². The predicted molar refractivity (Wildman–Crippen MR) is 62.8 cm³/mol. The van der Waals surface area contributed by atoms with Crippen molar-refractivity contribution in [3.63, 3.8) is 0 Å². The molecule has 0 bridgehead atoms. The van der Waals surface area contributed by atoms with Crippen molar-refractivity contribution in [3.05, 3.63) is 33.3 Å². The van der Waals surface area contributed by atoms with Gasteiger partial charge in [0.15, 0.2) is 0 Å². The minimum Gasteiger partial charge on any atom is -0.465 e. The number of nitrogens with zero attached hydrogens (tertiary/aromatic N) is 1. The van der Waals surface area contributed by atoms with Crippen LogP contribution in [0.4, 0.5) is 0 Å². The number of esters is 1. The Morgan fingerprint density at radius 3 is 2.73 bits per heavy atom. The van der Waals surface area contributed by atoms with Gasteiger partial charge in [-0.3, -0.25) is 0 Å². The van der Waals surface area contributed by atoms with Crippen LogP contribution in [0.5, 0.6) is 0 Å². The Morgan fingerprint density at radius 1 is 1.60 bits per heavy atom. The Bertz CT molecular complexity index is 438. The third kappa shape index (κ3) is 2.39. The van der Waals surface area contributed by atoms with Gasteiger partial charge >= 0.3 is 5.97 Å². The summed E-state index contributed by atoms with van der Waals surface area (Å²) in [7, 11) is 1.31. The van der Waals surface area contributed by atoms with Gasteiger partial charge in [0.1, 0.15) is 6.07 Å². The van der Waals surface area contributed by atoms with Crippen LogP contribution in [0.25, 0.3) is 0 Å². The third-order valence-electron chi connectivity index (χ3n) is 1.88. The van der Waals surface area contributed by atoms with Gasteiger partial charge in [0.2, 0.25) is 0 Å². The molecule has 0 aliphatic carbocycles. The van der Waals surface area contributed by atoms with E-state index in [2.05, 4.69) is 36.6 Å². The van der Waals surface area contributed by atoms with Gasteiger partial charge in [-0.1, -0.05) is 22.0 Å². The standard InChI is InChI=1S/C10H7Br2NO2/c1-15-10(14)8-6(4-11)2-3-7(5-13)9(8)12/h2-3H,4H2,1H3. The molecule has 0 saturated carbocycles. The normalized spacial score (nSPS) is 9.47. The number of alkyl halides is 1. The molecule has 78 valence electrons. The minimum absolute atomic E-state index is 0.397. The quantitative estimate of drug-likeness (QED) is 0.618. The van der Waals surface area contributed by atoms with Crippen LogP contribution in [0.2, 0.25) is 0 Å². The zero-order chi connectivity index (χ0) is 11.4. The number of halogens is 2. The highest BCUT2D eigenvalue weighted by molar-refractivity contribution is 9.10. The number of hydrogen-bond donors (Lipinski definition) is 0. The lowest BCUT2D eigenvalue weighted by atomic mass is 10.1. The fourth-order valence-electron chi connectivity index (χ4n) is 1.14. The largest absolute Gasteiger partial charge is 0.465 e. The van der Waals surface area contributed by atoms with Crippen LogP contribution in [0.1, 0.15) is 21.5 Å². The maximum Gasteiger partial charge on any atom is 0.339 e. The summed E-state index contributed by atoms with van der Waals surface area (Å²) in [6.07, 6.45) is 0. The van der Waals surface area contributed by atoms with Crippen LogP contribution >= 0.6 is 31.9 Å². The SMILES string of the molecule is COC(=O)c1c(CBr)ccc(C#N)c1Br. The molecule has 0 aromatic heterocycles. The molecule has 1 rings (SSSR count). The number of rotatable bonds is 2. The molecule has 1 aromatic carbocycles. The fraction of sp³-hybridized carbons (Fsp3) is 0.200. The van der Waals surface area contributed by atoms with E-state index in [4.69, 9.17) is 5.26 Å². The molecule has 5 heteroatoms. The average Bonchev–Trinajstić information content (AvgIpc) is 2.27. The number of carbonyl (C=O) groups is 1. The summed E-state index contributed by atoms with van der Waals surface area (Å²) in [4.78, 5) is 11.5. The van der Waals surface area contributed by atoms with E-state index in [-0.39, 0.29) is 0 Å². The van der Waals surface area contributed by atoms with Crippen molar-refractivity contribution < 1.29 is 9.53 Å². The van der Waals surface area contributed by atoms with E-state index in [1.807, 2.05) is 6.07 Å². The number of methoxy groups -OCH3 is 1. The molecule has 0 atom stereocenters. The van der Waals surface area contributed by atoms with Crippen LogP contribution in [0.3, 0.4) is 0 Å². The van der Waals surface area contributed by atoms with Crippen molar-refractivity contribution in [1.82, 2.24) is 0 Å². The highest BCUT2D eigenvalue weighted by atomic mass is 79.9. The summed E-state index contributed by atoms with van der Waals surface area (Å²) >= 11 is 6.51. The van der Waals surface area contributed by atoms with Crippen molar-refractivity contribution >= 4 is 37.8 Å². The molecule has 0 aliphatic heterocycles. The second kappa shape index (κ2) is 5.29. The number of hydrogen-bond acceptors (Lipinski definition) is 3. The summed E-state index contributed by atoms with van der Waals surface area (Å²) in [5, 5.41) is 9.35. The molecule has 0 spiro atoms. The molecule has 0 fully saturated rings. The van der Waals surface area contributed by atoms with Gasteiger partial charge in [0.05, 0.1) is 22.7 Å². The van der Waals surface area contributed by atoms with Crippen molar-refractivity contribution in [3.8, 4) is 6.07 Å². The molecular formula is C10H7Br2NO2. The van der Waals surface area contributed by atoms with E-state index in [0.29, 0.717) is 20.9 Å². The number of ether oxygens (including phenoxy) is 1. The van der Waals surface area contributed by atoms with Crippen LogP contribution in [0.15, 0.2) is 16.6 Å². The van der Waals surface area contributed by atoms with Crippen LogP contribution in [0, 0.1) is 11.3 Å². The first-order chi connectivity index (χ1) is 7.15. The molecule has 3 nitrogen and oxygen atoms in total.